The van der Waals surface area contributed by atoms with E-state index in [4.69, 9.17) is 4.74 Å². The van der Waals surface area contributed by atoms with E-state index in [9.17, 15) is 9.50 Å². The first-order valence-corrected chi connectivity index (χ1v) is 9.45. The minimum absolute atomic E-state index is 0.0743. The summed E-state index contributed by atoms with van der Waals surface area (Å²) in [5.74, 6) is 2.25. The Morgan fingerprint density at radius 1 is 1.32 bits per heavy atom. The number of likely N-dealkylation sites (N-methyl/N-ethyl adjacent to an activating group) is 1. The van der Waals surface area contributed by atoms with Crippen LogP contribution in [-0.2, 0) is 6.54 Å². The van der Waals surface area contributed by atoms with Crippen LogP contribution in [-0.4, -0.2) is 72.6 Å². The molecule has 0 unspecified atom stereocenters. The van der Waals surface area contributed by atoms with Crippen LogP contribution in [0.3, 0.4) is 0 Å². The number of nitrogens with one attached hydrogen (secondary N) is 1. The van der Waals surface area contributed by atoms with E-state index in [0.29, 0.717) is 31.8 Å². The molecule has 3 rings (SSSR count). The van der Waals surface area contributed by atoms with Gasteiger partial charge in [-0.25, -0.2) is 14.4 Å². The second-order valence-corrected chi connectivity index (χ2v) is 7.26. The highest BCUT2D eigenvalue weighted by molar-refractivity contribution is 5.49. The van der Waals surface area contributed by atoms with Crippen LogP contribution in [0, 0.1) is 0 Å². The summed E-state index contributed by atoms with van der Waals surface area (Å²) in [7, 11) is 3.82. The first kappa shape index (κ1) is 20.3. The lowest BCUT2D eigenvalue weighted by atomic mass is 10.0. The van der Waals surface area contributed by atoms with Crippen LogP contribution in [0.5, 0.6) is 5.75 Å². The molecule has 1 aromatic heterocycles. The Balaban J connectivity index is 1.54. The number of aromatic nitrogens is 2. The van der Waals surface area contributed by atoms with Crippen LogP contribution in [0.25, 0.3) is 0 Å². The number of β-amino-alcohol motifs (C(OH)–C–C–N with tert-alkyl or cyclic N) is 1. The minimum atomic E-state index is -0.788. The van der Waals surface area contributed by atoms with Gasteiger partial charge in [0.25, 0.3) is 0 Å². The van der Waals surface area contributed by atoms with Gasteiger partial charge in [-0.3, -0.25) is 4.90 Å². The van der Waals surface area contributed by atoms with E-state index in [-0.39, 0.29) is 6.61 Å². The van der Waals surface area contributed by atoms with Crippen molar-refractivity contribution in [2.45, 2.75) is 18.6 Å². The van der Waals surface area contributed by atoms with Crippen molar-refractivity contribution in [2.75, 3.05) is 57.2 Å². The molecule has 1 aliphatic rings. The molecule has 0 bridgehead atoms. The summed E-state index contributed by atoms with van der Waals surface area (Å²) in [6.45, 7) is 2.14. The molecule has 1 aromatic carbocycles. The third-order valence-corrected chi connectivity index (χ3v) is 4.85. The predicted molar refractivity (Wildman–Crippen MR) is 108 cm³/mol. The Hall–Kier alpha value is -2.45. The number of ether oxygens (including phenoxy) is 1. The number of hydrogen-bond donors (Lipinski definition) is 2. The monoisotopic (exact) mass is 389 g/mol. The molecule has 1 fully saturated rings. The molecular formula is C20H28FN5O2. The number of hydrogen-bond acceptors (Lipinski definition) is 7. The summed E-state index contributed by atoms with van der Waals surface area (Å²) in [5.41, 5.74) is 0.326. The van der Waals surface area contributed by atoms with Gasteiger partial charge in [0, 0.05) is 39.3 Å². The van der Waals surface area contributed by atoms with Gasteiger partial charge in [-0.15, -0.1) is 0 Å². The first-order valence-electron chi connectivity index (χ1n) is 9.45. The lowest BCUT2D eigenvalue weighted by Crippen LogP contribution is -2.43. The SMILES string of the molecule is CNc1cc(N2CC[C@@](O)(CN(C)Cc3ccc(OCCF)cc3)C2)ncn1. The maximum atomic E-state index is 12.2. The number of anilines is 2. The van der Waals surface area contributed by atoms with Crippen molar-refractivity contribution < 1.29 is 14.2 Å². The van der Waals surface area contributed by atoms with Crippen molar-refractivity contribution in [3.63, 3.8) is 0 Å². The number of halogens is 1. The number of benzene rings is 1. The smallest absolute Gasteiger partial charge is 0.134 e. The van der Waals surface area contributed by atoms with E-state index in [1.807, 2.05) is 44.4 Å². The van der Waals surface area contributed by atoms with Crippen molar-refractivity contribution in [3.05, 3.63) is 42.2 Å². The van der Waals surface area contributed by atoms with Gasteiger partial charge >= 0.3 is 0 Å². The van der Waals surface area contributed by atoms with Gasteiger partial charge in [-0.05, 0) is 31.2 Å². The Morgan fingerprint density at radius 3 is 2.82 bits per heavy atom. The highest BCUT2D eigenvalue weighted by Crippen LogP contribution is 2.27. The van der Waals surface area contributed by atoms with Crippen LogP contribution in [0.2, 0.25) is 0 Å². The molecule has 2 N–H and O–H groups in total. The number of aliphatic hydroxyl groups is 1. The Kier molecular flexibility index (Phi) is 6.64. The fourth-order valence-corrected chi connectivity index (χ4v) is 3.56. The van der Waals surface area contributed by atoms with Crippen LogP contribution in [0.4, 0.5) is 16.0 Å². The number of rotatable bonds is 9. The summed E-state index contributed by atoms with van der Waals surface area (Å²) in [6.07, 6.45) is 2.22. The molecule has 28 heavy (non-hydrogen) atoms. The van der Waals surface area contributed by atoms with Gasteiger partial charge in [0.15, 0.2) is 0 Å². The van der Waals surface area contributed by atoms with Gasteiger partial charge in [-0.1, -0.05) is 12.1 Å². The fraction of sp³-hybridized carbons (Fsp3) is 0.500. The van der Waals surface area contributed by atoms with Gasteiger partial charge in [0.2, 0.25) is 0 Å². The van der Waals surface area contributed by atoms with Gasteiger partial charge in [0.05, 0.1) is 5.60 Å². The van der Waals surface area contributed by atoms with Crippen molar-refractivity contribution in [3.8, 4) is 5.75 Å². The summed E-state index contributed by atoms with van der Waals surface area (Å²) >= 11 is 0. The molecule has 0 spiro atoms. The Bertz CT molecular complexity index is 761. The van der Waals surface area contributed by atoms with Gasteiger partial charge < -0.3 is 20.1 Å². The highest BCUT2D eigenvalue weighted by atomic mass is 19.1. The van der Waals surface area contributed by atoms with E-state index in [0.717, 1.165) is 23.7 Å². The fourth-order valence-electron chi connectivity index (χ4n) is 3.56. The summed E-state index contributed by atoms with van der Waals surface area (Å²) in [6, 6.07) is 9.52. The van der Waals surface area contributed by atoms with Crippen LogP contribution in [0.15, 0.2) is 36.7 Å². The third kappa shape index (κ3) is 5.30. The van der Waals surface area contributed by atoms with E-state index >= 15 is 0 Å². The second kappa shape index (κ2) is 9.16. The molecule has 8 heteroatoms. The number of alkyl halides is 1. The normalized spacial score (nSPS) is 19.2. The first-order chi connectivity index (χ1) is 13.5. The average molecular weight is 389 g/mol. The predicted octanol–water partition coefficient (Wildman–Crippen LogP) is 1.94. The molecule has 1 saturated heterocycles. The Labute approximate surface area is 165 Å². The molecule has 7 nitrogen and oxygen atoms in total. The minimum Gasteiger partial charge on any atom is -0.491 e. The van der Waals surface area contributed by atoms with Crippen LogP contribution >= 0.6 is 0 Å². The summed E-state index contributed by atoms with van der Waals surface area (Å²) in [5, 5.41) is 14.1. The third-order valence-electron chi connectivity index (χ3n) is 4.85. The lowest BCUT2D eigenvalue weighted by Gasteiger charge is -2.29. The van der Waals surface area contributed by atoms with E-state index < -0.39 is 12.3 Å². The highest BCUT2D eigenvalue weighted by Gasteiger charge is 2.37. The molecule has 0 amide bonds. The average Bonchev–Trinajstić information content (AvgIpc) is 3.09. The zero-order chi connectivity index (χ0) is 20.0. The molecule has 0 aliphatic carbocycles. The quantitative estimate of drug-likeness (QED) is 0.679. The number of nitrogens with zero attached hydrogens (tertiary/aromatic N) is 4. The molecule has 1 aliphatic heterocycles. The van der Waals surface area contributed by atoms with Crippen molar-refractivity contribution in [2.24, 2.45) is 0 Å². The van der Waals surface area contributed by atoms with Crippen molar-refractivity contribution in [1.82, 2.24) is 14.9 Å². The maximum Gasteiger partial charge on any atom is 0.134 e. The molecule has 0 saturated carbocycles. The largest absolute Gasteiger partial charge is 0.491 e. The summed E-state index contributed by atoms with van der Waals surface area (Å²) in [4.78, 5) is 12.7. The topological polar surface area (TPSA) is 73.8 Å². The lowest BCUT2D eigenvalue weighted by molar-refractivity contribution is 0.0279. The van der Waals surface area contributed by atoms with E-state index in [1.165, 1.54) is 6.33 Å². The molecule has 152 valence electrons. The molecular weight excluding hydrogens is 361 g/mol. The van der Waals surface area contributed by atoms with Gasteiger partial charge in [-0.2, -0.15) is 0 Å². The zero-order valence-electron chi connectivity index (χ0n) is 16.4. The molecule has 2 heterocycles. The van der Waals surface area contributed by atoms with Crippen molar-refractivity contribution in [1.29, 1.82) is 0 Å². The van der Waals surface area contributed by atoms with Crippen LogP contribution in [0.1, 0.15) is 12.0 Å². The van der Waals surface area contributed by atoms with E-state index in [2.05, 4.69) is 25.1 Å². The molecule has 0 radical (unpaired) electrons. The zero-order valence-corrected chi connectivity index (χ0v) is 16.4. The molecule has 1 atom stereocenters. The van der Waals surface area contributed by atoms with E-state index in [1.54, 1.807) is 0 Å². The second-order valence-electron chi connectivity index (χ2n) is 7.26. The standard InChI is InChI=1S/C20H28FN5O2/c1-22-18-11-19(24-15-23-18)26-9-7-20(27,14-26)13-25(2)12-16-3-5-17(6-4-16)28-10-8-21/h3-6,11,15,27H,7-10,12-14H2,1-2H3,(H,22,23,24)/t20-/m1/s1. The van der Waals surface area contributed by atoms with Crippen molar-refractivity contribution >= 4 is 11.6 Å². The maximum absolute atomic E-state index is 12.2. The van der Waals surface area contributed by atoms with Gasteiger partial charge in [0.1, 0.15) is 37.0 Å². The molecule has 2 aromatic rings. The Morgan fingerprint density at radius 2 is 2.11 bits per heavy atom. The summed E-state index contributed by atoms with van der Waals surface area (Å²) < 4.78 is 17.4. The van der Waals surface area contributed by atoms with Crippen LogP contribution < -0.4 is 15.0 Å².